The first-order valence-corrected chi connectivity index (χ1v) is 10.7. The highest BCUT2D eigenvalue weighted by atomic mass is 16.5. The number of nitrogens with one attached hydrogen (secondary N) is 3. The third kappa shape index (κ3) is 7.43. The summed E-state index contributed by atoms with van der Waals surface area (Å²) in [5, 5.41) is 9.19. The van der Waals surface area contributed by atoms with Crippen molar-refractivity contribution in [2.75, 3.05) is 25.1 Å². The summed E-state index contributed by atoms with van der Waals surface area (Å²) in [7, 11) is 0. The molecule has 3 N–H and O–H groups in total. The van der Waals surface area contributed by atoms with Crippen molar-refractivity contribution in [3.8, 4) is 5.75 Å². The van der Waals surface area contributed by atoms with Crippen LogP contribution in [-0.2, 0) is 19.1 Å². The summed E-state index contributed by atoms with van der Waals surface area (Å²) in [5.41, 5.74) is 5.55. The van der Waals surface area contributed by atoms with E-state index in [0.717, 1.165) is 29.7 Å². The number of nitrogens with zero attached hydrogens (tertiary/aromatic N) is 1. The molecule has 0 saturated carbocycles. The molecule has 0 spiro atoms. The molecule has 0 radical (unpaired) electrons. The van der Waals surface area contributed by atoms with Gasteiger partial charge in [0.15, 0.2) is 6.61 Å². The minimum absolute atomic E-state index is 0.0455. The van der Waals surface area contributed by atoms with Crippen LogP contribution in [0.25, 0.3) is 0 Å². The fourth-order valence-corrected chi connectivity index (χ4v) is 3.33. The SMILES string of the molecule is Cc1cccc(C)c1NC(=O)COc1cccc(/C=N\NC(=O)C(=O)NC[C@@H]2CCCO2)c1. The first-order chi connectivity index (χ1) is 15.9. The number of ether oxygens (including phenoxy) is 2. The number of hydrogen-bond acceptors (Lipinski definition) is 6. The monoisotopic (exact) mass is 452 g/mol. The van der Waals surface area contributed by atoms with Crippen LogP contribution in [0.15, 0.2) is 47.6 Å². The van der Waals surface area contributed by atoms with Gasteiger partial charge in [-0.1, -0.05) is 30.3 Å². The van der Waals surface area contributed by atoms with Crippen molar-refractivity contribution >= 4 is 29.6 Å². The molecule has 1 heterocycles. The smallest absolute Gasteiger partial charge is 0.329 e. The first kappa shape index (κ1) is 23.9. The molecule has 1 aliphatic heterocycles. The second-order valence-electron chi connectivity index (χ2n) is 7.72. The van der Waals surface area contributed by atoms with Gasteiger partial charge in [0, 0.05) is 18.8 Å². The molecule has 2 aromatic rings. The van der Waals surface area contributed by atoms with Crippen LogP contribution in [0.4, 0.5) is 5.69 Å². The Bertz CT molecular complexity index is 1010. The number of benzene rings is 2. The topological polar surface area (TPSA) is 118 Å². The van der Waals surface area contributed by atoms with E-state index in [-0.39, 0.29) is 18.6 Å². The molecule has 9 nitrogen and oxygen atoms in total. The predicted octanol–water partition coefficient (Wildman–Crippen LogP) is 2.07. The standard InChI is InChI=1S/C24H28N4O5/c1-16-6-3-7-17(2)22(16)27-21(29)15-33-19-9-4-8-18(12-19)13-26-28-24(31)23(30)25-14-20-10-5-11-32-20/h3-4,6-9,12-13,20H,5,10-11,14-15H2,1-2H3,(H,25,30)(H,27,29)(H,28,31)/b26-13-/t20-/m0/s1. The minimum Gasteiger partial charge on any atom is -0.484 e. The fraction of sp³-hybridized carbons (Fsp3) is 0.333. The van der Waals surface area contributed by atoms with Crippen molar-refractivity contribution in [2.45, 2.75) is 32.8 Å². The Balaban J connectivity index is 1.44. The summed E-state index contributed by atoms with van der Waals surface area (Å²) in [6, 6.07) is 12.6. The lowest BCUT2D eigenvalue weighted by molar-refractivity contribution is -0.139. The van der Waals surface area contributed by atoms with Gasteiger partial charge in [-0.2, -0.15) is 5.10 Å². The number of carbonyl (C=O) groups is 3. The average molecular weight is 453 g/mol. The molecule has 0 aliphatic carbocycles. The van der Waals surface area contributed by atoms with E-state index < -0.39 is 11.8 Å². The van der Waals surface area contributed by atoms with E-state index in [1.54, 1.807) is 24.3 Å². The lowest BCUT2D eigenvalue weighted by Crippen LogP contribution is -2.41. The predicted molar refractivity (Wildman–Crippen MR) is 124 cm³/mol. The van der Waals surface area contributed by atoms with Crippen LogP contribution in [0.3, 0.4) is 0 Å². The van der Waals surface area contributed by atoms with Crippen LogP contribution in [0.1, 0.15) is 29.5 Å². The van der Waals surface area contributed by atoms with Crippen LogP contribution >= 0.6 is 0 Å². The number of hydrazone groups is 1. The van der Waals surface area contributed by atoms with Crippen LogP contribution in [0, 0.1) is 13.8 Å². The van der Waals surface area contributed by atoms with E-state index in [1.165, 1.54) is 6.21 Å². The number of rotatable bonds is 8. The number of anilines is 1. The van der Waals surface area contributed by atoms with Gasteiger partial charge in [0.05, 0.1) is 12.3 Å². The van der Waals surface area contributed by atoms with Gasteiger partial charge in [-0.25, -0.2) is 5.43 Å². The average Bonchev–Trinajstić information content (AvgIpc) is 3.32. The fourth-order valence-electron chi connectivity index (χ4n) is 3.33. The Kier molecular flexibility index (Phi) is 8.54. The van der Waals surface area contributed by atoms with E-state index in [4.69, 9.17) is 9.47 Å². The van der Waals surface area contributed by atoms with Crippen LogP contribution < -0.4 is 20.8 Å². The molecule has 2 aromatic carbocycles. The van der Waals surface area contributed by atoms with Crippen LogP contribution in [0.5, 0.6) is 5.75 Å². The Morgan fingerprint density at radius 2 is 1.88 bits per heavy atom. The highest BCUT2D eigenvalue weighted by Crippen LogP contribution is 2.19. The van der Waals surface area contributed by atoms with E-state index in [0.29, 0.717) is 24.5 Å². The maximum absolute atomic E-state index is 12.3. The number of amides is 3. The summed E-state index contributed by atoms with van der Waals surface area (Å²) >= 11 is 0. The number of aryl methyl sites for hydroxylation is 2. The Hall–Kier alpha value is -3.72. The van der Waals surface area contributed by atoms with Gasteiger partial charge in [-0.05, 0) is 55.5 Å². The molecule has 33 heavy (non-hydrogen) atoms. The van der Waals surface area contributed by atoms with Crippen molar-refractivity contribution in [1.29, 1.82) is 0 Å². The van der Waals surface area contributed by atoms with Gasteiger partial charge in [-0.3, -0.25) is 14.4 Å². The molecule has 3 amide bonds. The number of carbonyl (C=O) groups excluding carboxylic acids is 3. The van der Waals surface area contributed by atoms with Gasteiger partial charge in [0.2, 0.25) is 0 Å². The van der Waals surface area contributed by atoms with Gasteiger partial charge >= 0.3 is 11.8 Å². The minimum atomic E-state index is -0.861. The van der Waals surface area contributed by atoms with Crippen molar-refractivity contribution in [2.24, 2.45) is 5.10 Å². The second-order valence-corrected chi connectivity index (χ2v) is 7.72. The summed E-state index contributed by atoms with van der Waals surface area (Å²) < 4.78 is 11.0. The van der Waals surface area contributed by atoms with Crippen LogP contribution in [0.2, 0.25) is 0 Å². The zero-order valence-electron chi connectivity index (χ0n) is 18.7. The van der Waals surface area contributed by atoms with Gasteiger partial charge in [-0.15, -0.1) is 0 Å². The zero-order chi connectivity index (χ0) is 23.6. The molecule has 0 unspecified atom stereocenters. The van der Waals surface area contributed by atoms with Crippen molar-refractivity contribution in [1.82, 2.24) is 10.7 Å². The van der Waals surface area contributed by atoms with Gasteiger partial charge < -0.3 is 20.1 Å². The van der Waals surface area contributed by atoms with Gasteiger partial charge in [0.1, 0.15) is 5.75 Å². The normalized spacial score (nSPS) is 15.3. The molecular formula is C24H28N4O5. The quantitative estimate of drug-likeness (QED) is 0.322. The molecule has 1 aliphatic rings. The highest BCUT2D eigenvalue weighted by molar-refractivity contribution is 6.35. The lowest BCUT2D eigenvalue weighted by atomic mass is 10.1. The lowest BCUT2D eigenvalue weighted by Gasteiger charge is -2.12. The summed E-state index contributed by atoms with van der Waals surface area (Å²) in [5.74, 6) is -1.43. The molecule has 0 aromatic heterocycles. The molecule has 1 atom stereocenters. The number of para-hydroxylation sites is 1. The van der Waals surface area contributed by atoms with E-state index in [9.17, 15) is 14.4 Å². The Labute approximate surface area is 192 Å². The summed E-state index contributed by atoms with van der Waals surface area (Å²) in [6.07, 6.45) is 3.16. The maximum atomic E-state index is 12.3. The third-order valence-corrected chi connectivity index (χ3v) is 5.07. The molecule has 1 fully saturated rings. The van der Waals surface area contributed by atoms with Gasteiger partial charge in [0.25, 0.3) is 5.91 Å². The number of hydrogen-bond donors (Lipinski definition) is 3. The van der Waals surface area contributed by atoms with E-state index >= 15 is 0 Å². The third-order valence-electron chi connectivity index (χ3n) is 5.07. The Morgan fingerprint density at radius 3 is 2.61 bits per heavy atom. The Morgan fingerprint density at radius 1 is 1.12 bits per heavy atom. The molecule has 1 saturated heterocycles. The maximum Gasteiger partial charge on any atom is 0.329 e. The zero-order valence-corrected chi connectivity index (χ0v) is 18.7. The van der Waals surface area contributed by atoms with Crippen LogP contribution in [-0.4, -0.2) is 49.8 Å². The van der Waals surface area contributed by atoms with E-state index in [2.05, 4.69) is 21.2 Å². The summed E-state index contributed by atoms with van der Waals surface area (Å²) in [6.45, 7) is 4.68. The molecular weight excluding hydrogens is 424 g/mol. The summed E-state index contributed by atoms with van der Waals surface area (Å²) in [4.78, 5) is 35.9. The molecule has 3 rings (SSSR count). The van der Waals surface area contributed by atoms with Crippen molar-refractivity contribution in [3.63, 3.8) is 0 Å². The first-order valence-electron chi connectivity index (χ1n) is 10.7. The molecule has 9 heteroatoms. The highest BCUT2D eigenvalue weighted by Gasteiger charge is 2.19. The van der Waals surface area contributed by atoms with Crippen molar-refractivity contribution in [3.05, 3.63) is 59.2 Å². The van der Waals surface area contributed by atoms with Crippen molar-refractivity contribution < 1.29 is 23.9 Å². The largest absolute Gasteiger partial charge is 0.484 e. The van der Waals surface area contributed by atoms with E-state index in [1.807, 2.05) is 32.0 Å². The molecule has 0 bridgehead atoms. The molecule has 174 valence electrons. The second kappa shape index (κ2) is 11.8.